The molecule has 2 aromatic heterocycles. The Morgan fingerprint density at radius 1 is 1.17 bits per heavy atom. The van der Waals surface area contributed by atoms with Gasteiger partial charge in [-0.05, 0) is 61.7 Å². The van der Waals surface area contributed by atoms with Gasteiger partial charge < -0.3 is 19.5 Å². The Morgan fingerprint density at radius 2 is 2.00 bits per heavy atom. The lowest BCUT2D eigenvalue weighted by Crippen LogP contribution is -2.30. The van der Waals surface area contributed by atoms with Gasteiger partial charge in [0.25, 0.3) is 5.91 Å². The van der Waals surface area contributed by atoms with Crippen LogP contribution in [0, 0.1) is 13.8 Å². The van der Waals surface area contributed by atoms with Crippen molar-refractivity contribution in [3.05, 3.63) is 74.7 Å². The topological polar surface area (TPSA) is 84.3 Å². The van der Waals surface area contributed by atoms with E-state index in [0.717, 1.165) is 27.4 Å². The zero-order valence-corrected chi connectivity index (χ0v) is 17.4. The van der Waals surface area contributed by atoms with Crippen molar-refractivity contribution in [1.82, 2.24) is 10.3 Å². The first-order chi connectivity index (χ1) is 14.4. The monoisotopic (exact) mass is 424 g/mol. The number of hydrogen-bond acceptors (Lipinski definition) is 4. The van der Waals surface area contributed by atoms with Crippen LogP contribution in [0.25, 0.3) is 21.9 Å². The Bertz CT molecular complexity index is 1310. The third kappa shape index (κ3) is 4.04. The van der Waals surface area contributed by atoms with Crippen LogP contribution in [0.2, 0.25) is 5.02 Å². The molecule has 0 unspecified atom stereocenters. The number of aromatic amines is 1. The average Bonchev–Trinajstić information content (AvgIpc) is 3.10. The Morgan fingerprint density at radius 3 is 2.83 bits per heavy atom. The second-order valence-electron chi connectivity index (χ2n) is 7.21. The number of fused-ring (bicyclic) bond motifs is 2. The van der Waals surface area contributed by atoms with Gasteiger partial charge in [0.2, 0.25) is 0 Å². The summed E-state index contributed by atoms with van der Waals surface area (Å²) in [5, 5.41) is 5.44. The van der Waals surface area contributed by atoms with E-state index >= 15 is 0 Å². The first-order valence-corrected chi connectivity index (χ1v) is 9.99. The van der Waals surface area contributed by atoms with E-state index in [-0.39, 0.29) is 12.5 Å². The van der Waals surface area contributed by atoms with Crippen LogP contribution in [-0.2, 0) is 11.2 Å². The maximum Gasteiger partial charge on any atom is 0.336 e. The lowest BCUT2D eigenvalue weighted by Gasteiger charge is -2.11. The highest BCUT2D eigenvalue weighted by atomic mass is 35.5. The van der Waals surface area contributed by atoms with Crippen molar-refractivity contribution in [1.29, 1.82) is 0 Å². The molecule has 4 aromatic rings. The zero-order valence-electron chi connectivity index (χ0n) is 16.7. The molecule has 0 bridgehead atoms. The number of H-pyrrole nitrogens is 1. The predicted octanol–water partition coefficient (Wildman–Crippen LogP) is 4.28. The van der Waals surface area contributed by atoms with Gasteiger partial charge in [-0.2, -0.15) is 0 Å². The second-order valence-corrected chi connectivity index (χ2v) is 7.64. The number of hydrogen-bond donors (Lipinski definition) is 2. The van der Waals surface area contributed by atoms with Crippen LogP contribution < -0.4 is 15.7 Å². The molecule has 2 N–H and O–H groups in total. The Hall–Kier alpha value is -3.25. The summed E-state index contributed by atoms with van der Waals surface area (Å²) in [7, 11) is 0. The van der Waals surface area contributed by atoms with Gasteiger partial charge in [-0.15, -0.1) is 0 Å². The molecule has 0 aliphatic heterocycles. The van der Waals surface area contributed by atoms with Crippen LogP contribution in [0.3, 0.4) is 0 Å². The minimum Gasteiger partial charge on any atom is -0.483 e. The molecule has 0 aliphatic rings. The molecule has 0 saturated heterocycles. The zero-order chi connectivity index (χ0) is 21.3. The predicted molar refractivity (Wildman–Crippen MR) is 117 cm³/mol. The Labute approximate surface area is 177 Å². The standard InChI is InChI=1S/C23H21ClN2O4/c1-13-9-22(28)30-23-14(2)20(6-4-17(13)23)29-12-21(27)25-8-7-15-11-26-19-5-3-16(24)10-18(15)19/h3-6,9-11,26H,7-8,12H2,1-2H3,(H,25,27). The molecular formula is C23H21ClN2O4. The van der Waals surface area contributed by atoms with Crippen LogP contribution in [0.15, 0.2) is 51.8 Å². The number of carbonyl (C=O) groups excluding carboxylic acids is 1. The number of aromatic nitrogens is 1. The minimum absolute atomic E-state index is 0.123. The number of carbonyl (C=O) groups is 1. The normalized spacial score (nSPS) is 11.2. The molecule has 4 rings (SSSR count). The fourth-order valence-electron chi connectivity index (χ4n) is 3.54. The lowest BCUT2D eigenvalue weighted by atomic mass is 10.1. The summed E-state index contributed by atoms with van der Waals surface area (Å²) in [6, 6.07) is 10.8. The second kappa shape index (κ2) is 8.24. The fourth-order valence-corrected chi connectivity index (χ4v) is 3.72. The molecule has 1 amide bonds. The van der Waals surface area contributed by atoms with Crippen LogP contribution >= 0.6 is 11.6 Å². The van der Waals surface area contributed by atoms with Crippen LogP contribution in [0.4, 0.5) is 0 Å². The Kier molecular flexibility index (Phi) is 5.50. The Balaban J connectivity index is 1.36. The first kappa shape index (κ1) is 20.0. The number of ether oxygens (including phenoxy) is 1. The van der Waals surface area contributed by atoms with Crippen molar-refractivity contribution in [3.63, 3.8) is 0 Å². The van der Waals surface area contributed by atoms with Gasteiger partial charge >= 0.3 is 5.63 Å². The van der Waals surface area contributed by atoms with Gasteiger partial charge in [0.1, 0.15) is 11.3 Å². The molecule has 6 nitrogen and oxygen atoms in total. The van der Waals surface area contributed by atoms with Crippen LogP contribution in [0.1, 0.15) is 16.7 Å². The van der Waals surface area contributed by atoms with E-state index in [9.17, 15) is 9.59 Å². The molecule has 30 heavy (non-hydrogen) atoms. The highest BCUT2D eigenvalue weighted by molar-refractivity contribution is 6.31. The van der Waals surface area contributed by atoms with E-state index in [0.29, 0.717) is 34.9 Å². The summed E-state index contributed by atoms with van der Waals surface area (Å²) in [6.07, 6.45) is 2.60. The smallest absolute Gasteiger partial charge is 0.336 e. The average molecular weight is 425 g/mol. The number of rotatable bonds is 6. The summed E-state index contributed by atoms with van der Waals surface area (Å²) < 4.78 is 11.0. The van der Waals surface area contributed by atoms with Crippen molar-refractivity contribution in [2.75, 3.05) is 13.2 Å². The van der Waals surface area contributed by atoms with Crippen molar-refractivity contribution in [3.8, 4) is 5.75 Å². The van der Waals surface area contributed by atoms with Gasteiger partial charge in [0.05, 0.1) is 0 Å². The molecule has 0 atom stereocenters. The van der Waals surface area contributed by atoms with E-state index in [1.807, 2.05) is 37.4 Å². The lowest BCUT2D eigenvalue weighted by molar-refractivity contribution is -0.123. The third-order valence-electron chi connectivity index (χ3n) is 5.12. The minimum atomic E-state index is -0.406. The summed E-state index contributed by atoms with van der Waals surface area (Å²) in [6.45, 7) is 4.02. The molecule has 0 saturated carbocycles. The molecular weight excluding hydrogens is 404 g/mol. The molecule has 0 aliphatic carbocycles. The highest BCUT2D eigenvalue weighted by Crippen LogP contribution is 2.28. The molecule has 0 spiro atoms. The van der Waals surface area contributed by atoms with Crippen LogP contribution in [-0.4, -0.2) is 24.0 Å². The molecule has 2 heterocycles. The van der Waals surface area contributed by atoms with E-state index in [1.54, 1.807) is 13.0 Å². The molecule has 0 fully saturated rings. The third-order valence-corrected chi connectivity index (χ3v) is 5.36. The molecule has 154 valence electrons. The van der Waals surface area contributed by atoms with E-state index in [4.69, 9.17) is 20.8 Å². The largest absolute Gasteiger partial charge is 0.483 e. The summed E-state index contributed by atoms with van der Waals surface area (Å²) >= 11 is 6.07. The van der Waals surface area contributed by atoms with Crippen molar-refractivity contribution in [2.45, 2.75) is 20.3 Å². The fraction of sp³-hybridized carbons (Fsp3) is 0.217. The van der Waals surface area contributed by atoms with E-state index in [2.05, 4.69) is 10.3 Å². The van der Waals surface area contributed by atoms with Crippen molar-refractivity contribution >= 4 is 39.4 Å². The van der Waals surface area contributed by atoms with Gasteiger partial charge in [0, 0.05) is 45.7 Å². The van der Waals surface area contributed by atoms with Crippen molar-refractivity contribution < 1.29 is 13.9 Å². The van der Waals surface area contributed by atoms with Crippen molar-refractivity contribution in [2.24, 2.45) is 0 Å². The van der Waals surface area contributed by atoms with Gasteiger partial charge in [-0.25, -0.2) is 4.79 Å². The number of halogens is 1. The van der Waals surface area contributed by atoms with E-state index < -0.39 is 5.63 Å². The SMILES string of the molecule is Cc1cc(=O)oc2c(C)c(OCC(=O)NCCc3c[nH]c4ccc(Cl)cc34)ccc12. The number of nitrogens with one attached hydrogen (secondary N) is 2. The van der Waals surface area contributed by atoms with Crippen LogP contribution in [0.5, 0.6) is 5.75 Å². The number of aryl methyl sites for hydroxylation is 2. The highest BCUT2D eigenvalue weighted by Gasteiger charge is 2.12. The molecule has 0 radical (unpaired) electrons. The molecule has 2 aromatic carbocycles. The van der Waals surface area contributed by atoms with Gasteiger partial charge in [-0.3, -0.25) is 4.79 Å². The number of amides is 1. The first-order valence-electron chi connectivity index (χ1n) is 9.61. The maximum atomic E-state index is 12.2. The molecule has 7 heteroatoms. The number of benzene rings is 2. The summed E-state index contributed by atoms with van der Waals surface area (Å²) in [5.41, 5.74) is 3.71. The van der Waals surface area contributed by atoms with E-state index in [1.165, 1.54) is 6.07 Å². The maximum absolute atomic E-state index is 12.2. The quantitative estimate of drug-likeness (QED) is 0.452. The van der Waals surface area contributed by atoms with Gasteiger partial charge in [-0.1, -0.05) is 11.6 Å². The summed E-state index contributed by atoms with van der Waals surface area (Å²) in [5.74, 6) is 0.288. The summed E-state index contributed by atoms with van der Waals surface area (Å²) in [4.78, 5) is 27.1. The van der Waals surface area contributed by atoms with Gasteiger partial charge in [0.15, 0.2) is 6.61 Å².